The molecule has 6 nitrogen and oxygen atoms in total. The maximum atomic E-state index is 12.1. The Labute approximate surface area is 152 Å². The van der Waals surface area contributed by atoms with E-state index in [0.29, 0.717) is 28.1 Å². The summed E-state index contributed by atoms with van der Waals surface area (Å²) in [4.78, 5) is 23.7. The number of thioether (sulfide) groups is 1. The molecule has 0 radical (unpaired) electrons. The minimum absolute atomic E-state index is 0.0767. The van der Waals surface area contributed by atoms with Crippen LogP contribution in [0.3, 0.4) is 0 Å². The molecular weight excluding hydrogens is 350 g/mol. The summed E-state index contributed by atoms with van der Waals surface area (Å²) in [6, 6.07) is -0.653. The number of ether oxygens (including phenoxy) is 3. The van der Waals surface area contributed by atoms with Crippen molar-refractivity contribution in [2.45, 2.75) is 43.9 Å². The number of fused-ring (bicyclic) bond motifs is 1. The van der Waals surface area contributed by atoms with Crippen LogP contribution in [0.2, 0.25) is 0 Å². The average Bonchev–Trinajstić information content (AvgIpc) is 3.15. The highest BCUT2D eigenvalue weighted by atomic mass is 32.2. The Balaban J connectivity index is 2.03. The highest BCUT2D eigenvalue weighted by Crippen LogP contribution is 2.52. The molecule has 0 aliphatic heterocycles. The quantitative estimate of drug-likeness (QED) is 0.585. The molecule has 136 valence electrons. The van der Waals surface area contributed by atoms with Gasteiger partial charge in [0.05, 0.1) is 20.8 Å². The minimum atomic E-state index is -0.653. The van der Waals surface area contributed by atoms with Gasteiger partial charge in [-0.3, -0.25) is 0 Å². The third-order valence-electron chi connectivity index (χ3n) is 5.05. The molecule has 0 aromatic rings. The number of esters is 1. The summed E-state index contributed by atoms with van der Waals surface area (Å²) in [6.07, 6.45) is 3.39. The first-order valence-corrected chi connectivity index (χ1v) is 9.56. The second kappa shape index (κ2) is 8.89. The lowest BCUT2D eigenvalue weighted by atomic mass is 9.86. The van der Waals surface area contributed by atoms with E-state index in [9.17, 15) is 9.59 Å². The van der Waals surface area contributed by atoms with Gasteiger partial charge in [-0.1, -0.05) is 11.8 Å². The Bertz CT molecular complexity index is 487. The van der Waals surface area contributed by atoms with E-state index in [2.05, 4.69) is 10.1 Å². The van der Waals surface area contributed by atoms with E-state index in [1.807, 2.05) is 6.92 Å². The molecule has 0 heterocycles. The lowest BCUT2D eigenvalue weighted by Crippen LogP contribution is -2.47. The van der Waals surface area contributed by atoms with Crippen molar-refractivity contribution in [3.63, 3.8) is 0 Å². The van der Waals surface area contributed by atoms with Crippen LogP contribution >= 0.6 is 24.0 Å². The van der Waals surface area contributed by atoms with Crippen LogP contribution in [-0.4, -0.2) is 48.6 Å². The van der Waals surface area contributed by atoms with Crippen molar-refractivity contribution in [2.24, 2.45) is 17.8 Å². The third-order valence-corrected chi connectivity index (χ3v) is 6.65. The van der Waals surface area contributed by atoms with E-state index in [1.165, 1.54) is 14.2 Å². The molecule has 0 spiro atoms. The van der Waals surface area contributed by atoms with Gasteiger partial charge in [0.1, 0.15) is 6.04 Å². The molecule has 8 heteroatoms. The number of hydrogen-bond acceptors (Lipinski definition) is 7. The van der Waals surface area contributed by atoms with E-state index < -0.39 is 18.1 Å². The van der Waals surface area contributed by atoms with Crippen molar-refractivity contribution in [1.29, 1.82) is 0 Å². The van der Waals surface area contributed by atoms with E-state index in [-0.39, 0.29) is 5.92 Å². The number of carbonyl (C=O) groups excluding carboxylic acids is 2. The number of nitrogens with one attached hydrogen (secondary N) is 1. The van der Waals surface area contributed by atoms with Gasteiger partial charge in [0.25, 0.3) is 0 Å². The lowest BCUT2D eigenvalue weighted by Gasteiger charge is -2.27. The summed E-state index contributed by atoms with van der Waals surface area (Å²) in [7, 11) is 2.63. The van der Waals surface area contributed by atoms with Crippen LogP contribution in [0.15, 0.2) is 0 Å². The Morgan fingerprint density at radius 3 is 2.50 bits per heavy atom. The molecule has 24 heavy (non-hydrogen) atoms. The van der Waals surface area contributed by atoms with Crippen LogP contribution in [0.1, 0.15) is 32.6 Å². The first-order chi connectivity index (χ1) is 11.5. The maximum Gasteiger partial charge on any atom is 0.407 e. The topological polar surface area (TPSA) is 73.9 Å². The minimum Gasteiger partial charge on any atom is -0.479 e. The fourth-order valence-electron chi connectivity index (χ4n) is 4.08. The lowest BCUT2D eigenvalue weighted by molar-refractivity contribution is -0.145. The van der Waals surface area contributed by atoms with Gasteiger partial charge in [-0.15, -0.1) is 0 Å². The number of methoxy groups -OCH3 is 2. The van der Waals surface area contributed by atoms with Crippen LogP contribution in [0.4, 0.5) is 4.79 Å². The first kappa shape index (κ1) is 19.3. The van der Waals surface area contributed by atoms with Crippen LogP contribution in [0.5, 0.6) is 0 Å². The smallest absolute Gasteiger partial charge is 0.407 e. The fourth-order valence-corrected chi connectivity index (χ4v) is 5.77. The van der Waals surface area contributed by atoms with Gasteiger partial charge in [-0.05, 0) is 62.6 Å². The van der Waals surface area contributed by atoms with Gasteiger partial charge in [0.15, 0.2) is 0 Å². The van der Waals surface area contributed by atoms with Crippen molar-refractivity contribution in [2.75, 3.05) is 20.8 Å². The summed E-state index contributed by atoms with van der Waals surface area (Å²) in [6.45, 7) is 2.51. The number of alkyl carbamates (subject to hydrolysis) is 1. The summed E-state index contributed by atoms with van der Waals surface area (Å²) < 4.78 is 15.5. The molecule has 1 N–H and O–H groups in total. The zero-order valence-corrected chi connectivity index (χ0v) is 15.9. The Kier molecular flexibility index (Phi) is 7.16. The Morgan fingerprint density at radius 1 is 1.17 bits per heavy atom. The summed E-state index contributed by atoms with van der Waals surface area (Å²) >= 11 is 6.89. The molecule has 1 amide bonds. The van der Waals surface area contributed by atoms with Crippen molar-refractivity contribution < 1.29 is 23.8 Å². The van der Waals surface area contributed by atoms with E-state index >= 15 is 0 Å². The largest absolute Gasteiger partial charge is 0.479 e. The average molecular weight is 376 g/mol. The zero-order chi connectivity index (χ0) is 17.7. The third kappa shape index (κ3) is 4.33. The van der Waals surface area contributed by atoms with Gasteiger partial charge in [-0.2, -0.15) is 0 Å². The summed E-state index contributed by atoms with van der Waals surface area (Å²) in [5.41, 5.74) is 0. The number of rotatable bonds is 5. The van der Waals surface area contributed by atoms with Gasteiger partial charge in [0.2, 0.25) is 4.38 Å². The molecule has 5 atom stereocenters. The van der Waals surface area contributed by atoms with Crippen LogP contribution < -0.4 is 5.32 Å². The molecular formula is C16H25NO5S2. The molecule has 1 unspecified atom stereocenters. The first-order valence-electron chi connectivity index (χ1n) is 8.27. The second-order valence-corrected chi connectivity index (χ2v) is 7.96. The predicted molar refractivity (Wildman–Crippen MR) is 95.9 cm³/mol. The molecule has 2 aliphatic rings. The number of thiocarbonyl (C=S) groups is 1. The standard InChI is InChI=1S/C16H25NO5S2/c1-4-22-16(23)24-12-8-7-9-10(12)5-6-11(9)13(14(18)20-2)17-15(19)21-3/h9-13H,4-8H2,1-3H3,(H,17,19)/t9-,10-,11-,12-,13?/m1/s1. The van der Waals surface area contributed by atoms with Gasteiger partial charge in [-0.25, -0.2) is 9.59 Å². The van der Waals surface area contributed by atoms with Crippen molar-refractivity contribution in [1.82, 2.24) is 5.32 Å². The predicted octanol–water partition coefficient (Wildman–Crippen LogP) is 2.74. The highest BCUT2D eigenvalue weighted by molar-refractivity contribution is 8.23. The van der Waals surface area contributed by atoms with Gasteiger partial charge < -0.3 is 19.5 Å². The second-order valence-electron chi connectivity index (χ2n) is 6.12. The molecule has 0 bridgehead atoms. The summed E-state index contributed by atoms with van der Waals surface area (Å²) in [5.74, 6) is 0.540. The van der Waals surface area contributed by atoms with E-state index in [1.54, 1.807) is 11.8 Å². The van der Waals surface area contributed by atoms with Gasteiger partial charge >= 0.3 is 12.1 Å². The molecule has 2 aliphatic carbocycles. The maximum absolute atomic E-state index is 12.1. The normalized spacial score (nSPS) is 29.5. The Morgan fingerprint density at radius 2 is 1.88 bits per heavy atom. The van der Waals surface area contributed by atoms with Crippen LogP contribution in [0, 0.1) is 17.8 Å². The van der Waals surface area contributed by atoms with Crippen molar-refractivity contribution in [3.05, 3.63) is 0 Å². The molecule has 0 aromatic heterocycles. The fraction of sp³-hybridized carbons (Fsp3) is 0.812. The number of amides is 1. The van der Waals surface area contributed by atoms with E-state index in [0.717, 1.165) is 25.7 Å². The molecule has 2 rings (SSSR count). The van der Waals surface area contributed by atoms with Crippen LogP contribution in [0.25, 0.3) is 0 Å². The molecule has 0 aromatic carbocycles. The highest BCUT2D eigenvalue weighted by Gasteiger charge is 2.50. The molecule has 2 fully saturated rings. The summed E-state index contributed by atoms with van der Waals surface area (Å²) in [5, 5.41) is 3.08. The van der Waals surface area contributed by atoms with E-state index in [4.69, 9.17) is 21.7 Å². The zero-order valence-electron chi connectivity index (χ0n) is 14.3. The SMILES string of the molecule is CCOC(=S)S[C@@H]1CC[C@@H]2[C@H]1CC[C@H]2C(NC(=O)OC)C(=O)OC. The van der Waals surface area contributed by atoms with Crippen molar-refractivity contribution in [3.8, 4) is 0 Å². The molecule has 0 saturated heterocycles. The van der Waals surface area contributed by atoms with Crippen LogP contribution in [-0.2, 0) is 19.0 Å². The van der Waals surface area contributed by atoms with Crippen molar-refractivity contribution >= 4 is 40.4 Å². The monoisotopic (exact) mass is 375 g/mol. The number of carbonyl (C=O) groups is 2. The molecule has 2 saturated carbocycles. The Hall–Kier alpha value is -1.02. The number of hydrogen-bond donors (Lipinski definition) is 1. The van der Waals surface area contributed by atoms with Gasteiger partial charge in [0, 0.05) is 5.25 Å².